The van der Waals surface area contributed by atoms with Gasteiger partial charge in [-0.25, -0.2) is 0 Å². The molecule has 0 aromatic heterocycles. The van der Waals surface area contributed by atoms with Crippen molar-refractivity contribution >= 4 is 18.2 Å². The standard InChI is InChI=1S/C17H23F3N2O.ClH/c1-22(2)16(14-8-3-4-9-21-14)15(23)11-12-6-5-7-13(10-12)17(18,19)20;/h5-7,10,14,16,21H,3-4,8-9,11H2,1-2H3;1H. The molecule has 1 heterocycles. The summed E-state index contributed by atoms with van der Waals surface area (Å²) in [5, 5.41) is 3.36. The third-order valence-corrected chi connectivity index (χ3v) is 4.25. The van der Waals surface area contributed by atoms with E-state index in [0.717, 1.165) is 37.9 Å². The third-order valence-electron chi connectivity index (χ3n) is 4.25. The van der Waals surface area contributed by atoms with Crippen LogP contribution in [0.15, 0.2) is 24.3 Å². The van der Waals surface area contributed by atoms with E-state index in [9.17, 15) is 18.0 Å². The van der Waals surface area contributed by atoms with E-state index in [-0.39, 0.29) is 36.7 Å². The Bertz CT molecular complexity index is 543. The number of piperidine rings is 1. The van der Waals surface area contributed by atoms with Crippen molar-refractivity contribution in [2.24, 2.45) is 0 Å². The molecule has 7 heteroatoms. The summed E-state index contributed by atoms with van der Waals surface area (Å²) in [6.07, 6.45) is -1.29. The van der Waals surface area contributed by atoms with Gasteiger partial charge < -0.3 is 5.32 Å². The number of ketones is 1. The summed E-state index contributed by atoms with van der Waals surface area (Å²) < 4.78 is 38.3. The number of benzene rings is 1. The first-order chi connectivity index (χ1) is 10.8. The lowest BCUT2D eigenvalue weighted by molar-refractivity contribution is -0.137. The first kappa shape index (κ1) is 20.9. The quantitative estimate of drug-likeness (QED) is 0.870. The zero-order valence-corrected chi connectivity index (χ0v) is 14.7. The molecule has 1 N–H and O–H groups in total. The molecule has 1 aromatic carbocycles. The van der Waals surface area contributed by atoms with Gasteiger partial charge in [-0.2, -0.15) is 13.2 Å². The van der Waals surface area contributed by atoms with E-state index in [1.807, 2.05) is 19.0 Å². The predicted molar refractivity (Wildman–Crippen MR) is 90.5 cm³/mol. The van der Waals surface area contributed by atoms with Gasteiger partial charge in [0.25, 0.3) is 0 Å². The summed E-state index contributed by atoms with van der Waals surface area (Å²) >= 11 is 0. The van der Waals surface area contributed by atoms with Crippen LogP contribution >= 0.6 is 12.4 Å². The molecular weight excluding hydrogens is 341 g/mol. The van der Waals surface area contributed by atoms with E-state index in [4.69, 9.17) is 0 Å². The number of hydrogen-bond donors (Lipinski definition) is 1. The molecule has 0 saturated carbocycles. The van der Waals surface area contributed by atoms with Gasteiger partial charge in [0.15, 0.2) is 5.78 Å². The van der Waals surface area contributed by atoms with Crippen molar-refractivity contribution in [3.05, 3.63) is 35.4 Å². The molecule has 0 spiro atoms. The number of Topliss-reactive ketones (excluding diaryl/α,β-unsaturated/α-hetero) is 1. The fourth-order valence-electron chi connectivity index (χ4n) is 3.18. The first-order valence-corrected chi connectivity index (χ1v) is 7.87. The minimum atomic E-state index is -4.38. The van der Waals surface area contributed by atoms with Crippen LogP contribution in [0.1, 0.15) is 30.4 Å². The monoisotopic (exact) mass is 364 g/mol. The van der Waals surface area contributed by atoms with Gasteiger partial charge >= 0.3 is 6.18 Å². The van der Waals surface area contributed by atoms with Gasteiger partial charge in [0.05, 0.1) is 11.6 Å². The Labute approximate surface area is 147 Å². The van der Waals surface area contributed by atoms with Crippen molar-refractivity contribution in [2.75, 3.05) is 20.6 Å². The Morgan fingerprint density at radius 1 is 1.33 bits per heavy atom. The molecule has 1 aliphatic rings. The summed E-state index contributed by atoms with van der Waals surface area (Å²) in [5.41, 5.74) is -0.299. The molecule has 136 valence electrons. The van der Waals surface area contributed by atoms with Crippen LogP contribution in [0, 0.1) is 0 Å². The number of rotatable bonds is 5. The van der Waals surface area contributed by atoms with Gasteiger partial charge in [-0.3, -0.25) is 9.69 Å². The van der Waals surface area contributed by atoms with Crippen LogP contribution in [0.5, 0.6) is 0 Å². The van der Waals surface area contributed by atoms with E-state index in [1.54, 1.807) is 6.07 Å². The second-order valence-corrected chi connectivity index (χ2v) is 6.31. The summed E-state index contributed by atoms with van der Waals surface area (Å²) in [6, 6.07) is 4.78. The van der Waals surface area contributed by atoms with Crippen molar-refractivity contribution < 1.29 is 18.0 Å². The Balaban J connectivity index is 0.00000288. The van der Waals surface area contributed by atoms with E-state index >= 15 is 0 Å². The predicted octanol–water partition coefficient (Wildman–Crippen LogP) is 3.31. The molecule has 2 rings (SSSR count). The molecular formula is C17H24ClF3N2O. The van der Waals surface area contributed by atoms with Gasteiger partial charge in [-0.15, -0.1) is 12.4 Å². The van der Waals surface area contributed by atoms with Crippen LogP contribution in [-0.2, 0) is 17.4 Å². The normalized spacial score (nSPS) is 19.7. The zero-order chi connectivity index (χ0) is 17.0. The van der Waals surface area contributed by atoms with Crippen molar-refractivity contribution in [3.63, 3.8) is 0 Å². The van der Waals surface area contributed by atoms with E-state index in [1.165, 1.54) is 6.07 Å². The Kier molecular flexibility index (Phi) is 7.70. The molecule has 1 fully saturated rings. The number of carbonyl (C=O) groups is 1. The van der Waals surface area contributed by atoms with Crippen LogP contribution < -0.4 is 5.32 Å². The minimum absolute atomic E-state index is 0. The van der Waals surface area contributed by atoms with Crippen molar-refractivity contribution in [3.8, 4) is 0 Å². The average Bonchev–Trinajstić information content (AvgIpc) is 2.47. The number of nitrogens with one attached hydrogen (secondary N) is 1. The third kappa shape index (κ3) is 5.46. The second kappa shape index (κ2) is 8.83. The number of alkyl halides is 3. The van der Waals surface area contributed by atoms with Gasteiger partial charge in [-0.1, -0.05) is 24.6 Å². The maximum atomic E-state index is 12.8. The highest BCUT2D eigenvalue weighted by atomic mass is 35.5. The van der Waals surface area contributed by atoms with E-state index < -0.39 is 11.7 Å². The number of hydrogen-bond acceptors (Lipinski definition) is 3. The zero-order valence-electron chi connectivity index (χ0n) is 13.9. The van der Waals surface area contributed by atoms with Crippen LogP contribution in [0.25, 0.3) is 0 Å². The molecule has 2 atom stereocenters. The molecule has 3 nitrogen and oxygen atoms in total. The number of halogens is 4. The van der Waals surface area contributed by atoms with E-state index in [2.05, 4.69) is 5.32 Å². The number of likely N-dealkylation sites (N-methyl/N-ethyl adjacent to an activating group) is 1. The molecule has 1 aromatic rings. The summed E-state index contributed by atoms with van der Waals surface area (Å²) in [6.45, 7) is 0.881. The number of nitrogens with zero attached hydrogens (tertiary/aromatic N) is 1. The fraction of sp³-hybridized carbons (Fsp3) is 0.588. The van der Waals surface area contributed by atoms with Crippen LogP contribution in [0.3, 0.4) is 0 Å². The highest BCUT2D eigenvalue weighted by Gasteiger charge is 2.32. The maximum absolute atomic E-state index is 12.8. The maximum Gasteiger partial charge on any atom is 0.416 e. The minimum Gasteiger partial charge on any atom is -0.312 e. The smallest absolute Gasteiger partial charge is 0.312 e. The molecule has 1 aliphatic heterocycles. The van der Waals surface area contributed by atoms with Crippen LogP contribution in [0.2, 0.25) is 0 Å². The number of carbonyl (C=O) groups excluding carboxylic acids is 1. The van der Waals surface area contributed by atoms with Crippen molar-refractivity contribution in [2.45, 2.75) is 43.9 Å². The van der Waals surface area contributed by atoms with Crippen LogP contribution in [-0.4, -0.2) is 43.4 Å². The summed E-state index contributed by atoms with van der Waals surface area (Å²) in [4.78, 5) is 14.5. The molecule has 0 aliphatic carbocycles. The first-order valence-electron chi connectivity index (χ1n) is 7.87. The van der Waals surface area contributed by atoms with Crippen LogP contribution in [0.4, 0.5) is 13.2 Å². The van der Waals surface area contributed by atoms with Gasteiger partial charge in [-0.05, 0) is 45.1 Å². The van der Waals surface area contributed by atoms with Crippen molar-refractivity contribution in [1.82, 2.24) is 10.2 Å². The molecule has 2 unspecified atom stereocenters. The van der Waals surface area contributed by atoms with Crippen molar-refractivity contribution in [1.29, 1.82) is 0 Å². The summed E-state index contributed by atoms with van der Waals surface area (Å²) in [5.74, 6) is -0.0475. The average molecular weight is 365 g/mol. The Hall–Kier alpha value is -1.11. The molecule has 0 amide bonds. The lowest BCUT2D eigenvalue weighted by Crippen LogP contribution is -2.53. The Morgan fingerprint density at radius 3 is 2.58 bits per heavy atom. The second-order valence-electron chi connectivity index (χ2n) is 6.31. The van der Waals surface area contributed by atoms with Gasteiger partial charge in [0.2, 0.25) is 0 Å². The van der Waals surface area contributed by atoms with Gasteiger partial charge in [0, 0.05) is 12.5 Å². The Morgan fingerprint density at radius 2 is 2.04 bits per heavy atom. The topological polar surface area (TPSA) is 32.3 Å². The SMILES string of the molecule is CN(C)C(C(=O)Cc1cccc(C(F)(F)F)c1)C1CCCCN1.Cl. The highest BCUT2D eigenvalue weighted by Crippen LogP contribution is 2.29. The van der Waals surface area contributed by atoms with Gasteiger partial charge in [0.1, 0.15) is 0 Å². The molecule has 0 radical (unpaired) electrons. The lowest BCUT2D eigenvalue weighted by atomic mass is 9.91. The molecule has 0 bridgehead atoms. The highest BCUT2D eigenvalue weighted by molar-refractivity contribution is 5.87. The molecule has 24 heavy (non-hydrogen) atoms. The largest absolute Gasteiger partial charge is 0.416 e. The van der Waals surface area contributed by atoms with E-state index in [0.29, 0.717) is 5.56 Å². The summed E-state index contributed by atoms with van der Waals surface area (Å²) in [7, 11) is 3.68. The fourth-order valence-corrected chi connectivity index (χ4v) is 3.18. The molecule has 1 saturated heterocycles. The lowest BCUT2D eigenvalue weighted by Gasteiger charge is -2.34.